The molecule has 38 heavy (non-hydrogen) atoms. The smallest absolute Gasteiger partial charge is 0.0533 e. The molecular formula is C34H32Br2S2. The second-order valence-electron chi connectivity index (χ2n) is 10.7. The van der Waals surface area contributed by atoms with Crippen LogP contribution in [0.15, 0.2) is 118 Å². The summed E-state index contributed by atoms with van der Waals surface area (Å²) in [6.45, 7) is 7.12. The molecule has 0 aliphatic heterocycles. The van der Waals surface area contributed by atoms with Gasteiger partial charge in [0.05, 0.1) is 10.5 Å². The van der Waals surface area contributed by atoms with Crippen molar-refractivity contribution in [1.29, 1.82) is 0 Å². The first-order valence-electron chi connectivity index (χ1n) is 12.9. The van der Waals surface area contributed by atoms with E-state index in [1.165, 1.54) is 33.4 Å². The number of allylic oxidation sites excluding steroid dienone is 1. The van der Waals surface area contributed by atoms with Gasteiger partial charge in [-0.25, -0.2) is 0 Å². The third kappa shape index (κ3) is 6.36. The van der Waals surface area contributed by atoms with Crippen molar-refractivity contribution in [3.63, 3.8) is 0 Å². The maximum Gasteiger partial charge on any atom is 0.0533 e. The minimum Gasteiger partial charge on any atom is -0.144 e. The predicted octanol–water partition coefficient (Wildman–Crippen LogP) is 11.7. The van der Waals surface area contributed by atoms with Crippen LogP contribution in [0.5, 0.6) is 0 Å². The fraction of sp³-hybridized carbons (Fsp3) is 0.235. The van der Waals surface area contributed by atoms with E-state index in [1.807, 2.05) is 0 Å². The van der Waals surface area contributed by atoms with Crippen LogP contribution in [0.4, 0.5) is 0 Å². The number of hydrogen-bond donors (Lipinski definition) is 0. The number of rotatable bonds is 7. The summed E-state index contributed by atoms with van der Waals surface area (Å²) in [6, 6.07) is 37.8. The van der Waals surface area contributed by atoms with Crippen LogP contribution in [0.3, 0.4) is 0 Å². The monoisotopic (exact) mass is 662 g/mol. The highest BCUT2D eigenvalue weighted by molar-refractivity contribution is 9.10. The minimum atomic E-state index is 0.00553. The number of halogens is 2. The van der Waals surface area contributed by atoms with E-state index in [4.69, 9.17) is 0 Å². The van der Waals surface area contributed by atoms with Crippen molar-refractivity contribution in [2.45, 2.75) is 42.8 Å². The van der Waals surface area contributed by atoms with Gasteiger partial charge in [0.1, 0.15) is 0 Å². The first-order valence-corrected chi connectivity index (χ1v) is 16.6. The lowest BCUT2D eigenvalue weighted by molar-refractivity contribution is 0.561. The van der Waals surface area contributed by atoms with Crippen LogP contribution in [0.25, 0.3) is 5.57 Å². The fourth-order valence-corrected chi connectivity index (χ4v) is 8.61. The van der Waals surface area contributed by atoms with E-state index in [9.17, 15) is 0 Å². The number of thioether (sulfide) groups is 2. The van der Waals surface area contributed by atoms with Gasteiger partial charge in [-0.15, -0.1) is 23.5 Å². The second-order valence-corrected chi connectivity index (χ2v) is 14.7. The third-order valence-electron chi connectivity index (χ3n) is 6.89. The van der Waals surface area contributed by atoms with Crippen LogP contribution < -0.4 is 0 Å². The molecule has 1 aliphatic carbocycles. The van der Waals surface area contributed by atoms with Crippen molar-refractivity contribution in [2.24, 2.45) is 5.41 Å². The molecule has 0 radical (unpaired) electrons. The number of benzene rings is 4. The van der Waals surface area contributed by atoms with Crippen molar-refractivity contribution in [2.75, 3.05) is 0 Å². The molecule has 0 amide bonds. The van der Waals surface area contributed by atoms with Gasteiger partial charge in [0.2, 0.25) is 0 Å². The van der Waals surface area contributed by atoms with Crippen LogP contribution in [0.1, 0.15) is 59.1 Å². The van der Waals surface area contributed by atoms with Gasteiger partial charge >= 0.3 is 0 Å². The molecule has 0 aromatic heterocycles. The lowest BCUT2D eigenvalue weighted by Crippen LogP contribution is -2.14. The van der Waals surface area contributed by atoms with Crippen molar-refractivity contribution in [3.8, 4) is 0 Å². The van der Waals surface area contributed by atoms with E-state index in [0.29, 0.717) is 10.5 Å². The zero-order valence-electron chi connectivity index (χ0n) is 22.0. The van der Waals surface area contributed by atoms with Crippen molar-refractivity contribution in [3.05, 3.63) is 145 Å². The highest BCUT2D eigenvalue weighted by Gasteiger charge is 2.40. The molecule has 0 heterocycles. The number of hydrogen-bond acceptors (Lipinski definition) is 2. The van der Waals surface area contributed by atoms with Crippen molar-refractivity contribution >= 4 is 61.0 Å². The molecule has 4 heteroatoms. The van der Waals surface area contributed by atoms with Crippen LogP contribution in [0, 0.1) is 5.41 Å². The molecule has 0 N–H and O–H groups in total. The third-order valence-corrected chi connectivity index (χ3v) is 10.6. The van der Waals surface area contributed by atoms with E-state index in [1.54, 1.807) is 5.57 Å². The predicted molar refractivity (Wildman–Crippen MR) is 176 cm³/mol. The summed E-state index contributed by atoms with van der Waals surface area (Å²) in [7, 11) is 0. The van der Waals surface area contributed by atoms with E-state index >= 15 is 0 Å². The molecule has 2 atom stereocenters. The largest absolute Gasteiger partial charge is 0.144 e. The summed E-state index contributed by atoms with van der Waals surface area (Å²) < 4.78 is 2.25. The molecule has 194 valence electrons. The van der Waals surface area contributed by atoms with Crippen LogP contribution in [-0.4, -0.2) is 0 Å². The Kier molecular flexibility index (Phi) is 8.94. The van der Waals surface area contributed by atoms with Crippen LogP contribution in [0.2, 0.25) is 0 Å². The summed E-state index contributed by atoms with van der Waals surface area (Å²) >= 11 is 11.3. The number of fused-ring (bicyclic) bond motifs is 1. The Morgan fingerprint density at radius 3 is 1.45 bits per heavy atom. The van der Waals surface area contributed by atoms with Crippen molar-refractivity contribution < 1.29 is 0 Å². The maximum atomic E-state index is 3.59. The Balaban J connectivity index is 1.62. The van der Waals surface area contributed by atoms with Gasteiger partial charge in [0.15, 0.2) is 0 Å². The Bertz CT molecular complexity index is 1320. The molecule has 4 aromatic rings. The minimum absolute atomic E-state index is 0.00553. The summed E-state index contributed by atoms with van der Waals surface area (Å²) in [5.74, 6) is 1.96. The van der Waals surface area contributed by atoms with Gasteiger partial charge in [-0.1, -0.05) is 131 Å². The average molecular weight is 665 g/mol. The fourth-order valence-electron chi connectivity index (χ4n) is 5.24. The Labute approximate surface area is 253 Å². The van der Waals surface area contributed by atoms with Crippen molar-refractivity contribution in [1.82, 2.24) is 0 Å². The maximum absolute atomic E-state index is 3.59. The molecule has 4 aromatic carbocycles. The molecule has 0 nitrogen and oxygen atoms in total. The molecule has 1 aliphatic rings. The van der Waals surface area contributed by atoms with E-state index in [2.05, 4.69) is 179 Å². The standard InChI is InChI=1S/C34H32Br2S2/c1-34(2,3)31(25-9-5-4-6-10-25)30-32(37-21-23-13-17-26(35)18-14-23)28-11-7-8-12-29(28)33(30)38-22-24-15-19-27(36)20-16-24/h4-20,32-33H,21-22H2,1-3H3/t32-,33+. The molecular weight excluding hydrogens is 632 g/mol. The molecule has 0 spiro atoms. The highest BCUT2D eigenvalue weighted by atomic mass is 79.9. The van der Waals surface area contributed by atoms with Gasteiger partial charge in [0, 0.05) is 20.5 Å². The zero-order chi connectivity index (χ0) is 26.7. The molecule has 0 unspecified atom stereocenters. The van der Waals surface area contributed by atoms with E-state index in [-0.39, 0.29) is 5.41 Å². The Hall–Kier alpha value is -1.72. The van der Waals surface area contributed by atoms with E-state index < -0.39 is 0 Å². The topological polar surface area (TPSA) is 0 Å². The first-order chi connectivity index (χ1) is 18.3. The van der Waals surface area contributed by atoms with Gasteiger partial charge in [-0.2, -0.15) is 0 Å². The molecule has 5 rings (SSSR count). The van der Waals surface area contributed by atoms with Crippen LogP contribution in [-0.2, 0) is 11.5 Å². The quantitative estimate of drug-likeness (QED) is 0.193. The Morgan fingerprint density at radius 1 is 0.605 bits per heavy atom. The summed E-state index contributed by atoms with van der Waals surface area (Å²) in [6.07, 6.45) is 0. The average Bonchev–Trinajstić information content (AvgIpc) is 3.20. The molecule has 0 bridgehead atoms. The Morgan fingerprint density at radius 2 is 1.03 bits per heavy atom. The zero-order valence-corrected chi connectivity index (χ0v) is 26.8. The summed E-state index contributed by atoms with van der Waals surface area (Å²) in [4.78, 5) is 0. The normalized spacial score (nSPS) is 18.3. The molecule has 0 saturated carbocycles. The van der Waals surface area contributed by atoms with Gasteiger partial charge < -0.3 is 0 Å². The van der Waals surface area contributed by atoms with E-state index in [0.717, 1.165) is 20.5 Å². The van der Waals surface area contributed by atoms with Gasteiger partial charge in [-0.3, -0.25) is 0 Å². The lowest BCUT2D eigenvalue weighted by atomic mass is 9.78. The summed E-state index contributed by atoms with van der Waals surface area (Å²) in [5, 5.41) is 0.624. The molecule has 0 saturated heterocycles. The first kappa shape index (κ1) is 27.8. The highest BCUT2D eigenvalue weighted by Crippen LogP contribution is 2.61. The van der Waals surface area contributed by atoms with Gasteiger partial charge in [-0.05, 0) is 68.6 Å². The lowest BCUT2D eigenvalue weighted by Gasteiger charge is -2.31. The molecule has 0 fully saturated rings. The van der Waals surface area contributed by atoms with Crippen LogP contribution >= 0.6 is 55.4 Å². The second kappa shape index (κ2) is 12.2. The summed E-state index contributed by atoms with van der Waals surface area (Å²) in [5.41, 5.74) is 10.0. The van der Waals surface area contributed by atoms with Gasteiger partial charge in [0.25, 0.3) is 0 Å². The SMILES string of the molecule is CC(C)(C)C(=C1[C@@H](SCc2ccc(Br)cc2)c2ccccc2[C@H]1SCc1ccc(Br)cc1)c1ccccc1.